The normalized spacial score (nSPS) is 19.6. The van der Waals surface area contributed by atoms with Crippen LogP contribution in [0.1, 0.15) is 24.6 Å². The quantitative estimate of drug-likeness (QED) is 0.814. The molecule has 0 amide bonds. The Hall–Kier alpha value is -0.380. The maximum Gasteiger partial charge on any atom is 0.146 e. The van der Waals surface area contributed by atoms with E-state index in [4.69, 9.17) is 0 Å². The zero-order valence-electron chi connectivity index (χ0n) is 7.57. The van der Waals surface area contributed by atoms with Crippen molar-refractivity contribution in [3.05, 3.63) is 29.8 Å². The molecule has 1 aliphatic heterocycles. The van der Waals surface area contributed by atoms with Gasteiger partial charge in [-0.25, -0.2) is 4.39 Å². The lowest BCUT2D eigenvalue weighted by Crippen LogP contribution is -2.15. The number of aromatic nitrogens is 1. The first-order valence-corrected chi connectivity index (χ1v) is 4.22. The van der Waals surface area contributed by atoms with Crippen LogP contribution in [0.4, 0.5) is 4.39 Å². The molecule has 0 saturated carbocycles. The van der Waals surface area contributed by atoms with Gasteiger partial charge in [-0.1, -0.05) is 0 Å². The molecule has 0 spiro atoms. The number of rotatable bonds is 1. The topological polar surface area (TPSA) is 24.9 Å². The van der Waals surface area contributed by atoms with Crippen LogP contribution in [0.3, 0.4) is 0 Å². The summed E-state index contributed by atoms with van der Waals surface area (Å²) in [6.07, 6.45) is 3.74. The monoisotopic (exact) mass is 238 g/mol. The van der Waals surface area contributed by atoms with Gasteiger partial charge >= 0.3 is 0 Å². The molecule has 0 aliphatic carbocycles. The molecule has 1 fully saturated rings. The van der Waals surface area contributed by atoms with E-state index >= 15 is 0 Å². The Labute approximate surface area is 95.1 Å². The molecule has 1 aliphatic rings. The lowest BCUT2D eigenvalue weighted by atomic mass is 10.1. The molecule has 0 radical (unpaired) electrons. The van der Waals surface area contributed by atoms with Crippen molar-refractivity contribution < 1.29 is 4.39 Å². The number of halogens is 3. The summed E-state index contributed by atoms with van der Waals surface area (Å²) in [6.45, 7) is 0.973. The van der Waals surface area contributed by atoms with Crippen LogP contribution >= 0.6 is 24.8 Å². The Balaban J connectivity index is 0.000000845. The molecule has 1 unspecified atom stereocenters. The minimum atomic E-state index is -0.197. The standard InChI is InChI=1S/C9H11FN2.2ClH/c10-7-3-1-6-12-9(7)8-4-2-5-11-8;;/h1,3,6,8,11H,2,4-5H2;2*1H. The Morgan fingerprint density at radius 1 is 1.43 bits per heavy atom. The summed E-state index contributed by atoms with van der Waals surface area (Å²) < 4.78 is 13.1. The van der Waals surface area contributed by atoms with Crippen molar-refractivity contribution in [2.45, 2.75) is 18.9 Å². The highest BCUT2D eigenvalue weighted by Crippen LogP contribution is 2.22. The van der Waals surface area contributed by atoms with Crippen molar-refractivity contribution in [2.24, 2.45) is 0 Å². The molecule has 1 aromatic heterocycles. The van der Waals surface area contributed by atoms with Crippen molar-refractivity contribution in [3.63, 3.8) is 0 Å². The Bertz CT molecular complexity index is 277. The fraction of sp³-hybridized carbons (Fsp3) is 0.444. The van der Waals surface area contributed by atoms with Gasteiger partial charge in [0.25, 0.3) is 0 Å². The molecule has 5 heteroatoms. The molecule has 0 aromatic carbocycles. The third-order valence-electron chi connectivity index (χ3n) is 2.18. The van der Waals surface area contributed by atoms with Gasteiger partial charge in [-0.3, -0.25) is 4.98 Å². The summed E-state index contributed by atoms with van der Waals surface area (Å²) in [5.41, 5.74) is 0.565. The van der Waals surface area contributed by atoms with Gasteiger partial charge in [-0.15, -0.1) is 24.8 Å². The second kappa shape index (κ2) is 6.17. The van der Waals surface area contributed by atoms with E-state index in [9.17, 15) is 4.39 Å². The Morgan fingerprint density at radius 3 is 2.79 bits per heavy atom. The van der Waals surface area contributed by atoms with Gasteiger partial charge in [0.05, 0.1) is 11.7 Å². The van der Waals surface area contributed by atoms with E-state index in [0.29, 0.717) is 5.69 Å². The summed E-state index contributed by atoms with van der Waals surface area (Å²) in [5.74, 6) is -0.197. The van der Waals surface area contributed by atoms with Crippen molar-refractivity contribution in [1.29, 1.82) is 0 Å². The van der Waals surface area contributed by atoms with Crippen LogP contribution in [0.15, 0.2) is 18.3 Å². The van der Waals surface area contributed by atoms with Gasteiger partial charge in [-0.2, -0.15) is 0 Å². The lowest BCUT2D eigenvalue weighted by Gasteiger charge is -2.09. The van der Waals surface area contributed by atoms with Gasteiger partial charge in [0.15, 0.2) is 0 Å². The van der Waals surface area contributed by atoms with Crippen LogP contribution in [-0.2, 0) is 0 Å². The molecule has 1 saturated heterocycles. The first-order chi connectivity index (χ1) is 5.88. The molecule has 2 rings (SSSR count). The second-order valence-corrected chi connectivity index (χ2v) is 3.02. The van der Waals surface area contributed by atoms with E-state index in [-0.39, 0.29) is 36.7 Å². The van der Waals surface area contributed by atoms with Crippen LogP contribution < -0.4 is 5.32 Å². The van der Waals surface area contributed by atoms with E-state index in [2.05, 4.69) is 10.3 Å². The summed E-state index contributed by atoms with van der Waals surface area (Å²) >= 11 is 0. The summed E-state index contributed by atoms with van der Waals surface area (Å²) in [5, 5.41) is 3.21. The largest absolute Gasteiger partial charge is 0.309 e. The fourth-order valence-electron chi connectivity index (χ4n) is 1.57. The highest BCUT2D eigenvalue weighted by Gasteiger charge is 2.19. The highest BCUT2D eigenvalue weighted by atomic mass is 35.5. The third kappa shape index (κ3) is 2.80. The van der Waals surface area contributed by atoms with Crippen molar-refractivity contribution >= 4 is 24.8 Å². The third-order valence-corrected chi connectivity index (χ3v) is 2.18. The van der Waals surface area contributed by atoms with Crippen molar-refractivity contribution in [3.8, 4) is 0 Å². The number of hydrogen-bond donors (Lipinski definition) is 1. The van der Waals surface area contributed by atoms with Crippen LogP contribution in [0.25, 0.3) is 0 Å². The molecule has 80 valence electrons. The van der Waals surface area contributed by atoms with E-state index in [1.54, 1.807) is 12.3 Å². The number of pyridine rings is 1. The summed E-state index contributed by atoms with van der Waals surface area (Å²) in [6, 6.07) is 3.21. The van der Waals surface area contributed by atoms with Crippen molar-refractivity contribution in [2.75, 3.05) is 6.54 Å². The average Bonchev–Trinajstić information content (AvgIpc) is 2.57. The first kappa shape index (κ1) is 13.6. The van der Waals surface area contributed by atoms with Crippen LogP contribution in [0.2, 0.25) is 0 Å². The van der Waals surface area contributed by atoms with E-state index in [0.717, 1.165) is 19.4 Å². The molecule has 2 nitrogen and oxygen atoms in total. The molecule has 14 heavy (non-hydrogen) atoms. The van der Waals surface area contributed by atoms with E-state index < -0.39 is 0 Å². The van der Waals surface area contributed by atoms with Gasteiger partial charge in [0.1, 0.15) is 5.82 Å². The highest BCUT2D eigenvalue weighted by molar-refractivity contribution is 5.85. The Morgan fingerprint density at radius 2 is 2.21 bits per heavy atom. The summed E-state index contributed by atoms with van der Waals surface area (Å²) in [4.78, 5) is 4.02. The van der Waals surface area contributed by atoms with Crippen LogP contribution in [-0.4, -0.2) is 11.5 Å². The predicted octanol–water partition coefficient (Wildman–Crippen LogP) is 2.49. The lowest BCUT2D eigenvalue weighted by molar-refractivity contribution is 0.541. The minimum absolute atomic E-state index is 0. The summed E-state index contributed by atoms with van der Waals surface area (Å²) in [7, 11) is 0. The number of hydrogen-bond acceptors (Lipinski definition) is 2. The molecule has 1 atom stereocenters. The molecular formula is C9H13Cl2FN2. The maximum absolute atomic E-state index is 13.1. The molecular weight excluding hydrogens is 226 g/mol. The number of nitrogens with one attached hydrogen (secondary N) is 1. The van der Waals surface area contributed by atoms with E-state index in [1.165, 1.54) is 6.07 Å². The molecule has 0 bridgehead atoms. The minimum Gasteiger partial charge on any atom is -0.309 e. The maximum atomic E-state index is 13.1. The zero-order valence-corrected chi connectivity index (χ0v) is 9.21. The second-order valence-electron chi connectivity index (χ2n) is 3.02. The van der Waals surface area contributed by atoms with Crippen LogP contribution in [0.5, 0.6) is 0 Å². The smallest absolute Gasteiger partial charge is 0.146 e. The van der Waals surface area contributed by atoms with Gasteiger partial charge < -0.3 is 5.32 Å². The average molecular weight is 239 g/mol. The Kier molecular flexibility index (Phi) is 6.00. The van der Waals surface area contributed by atoms with E-state index in [1.807, 2.05) is 0 Å². The molecule has 2 heterocycles. The molecule has 1 aromatic rings. The number of nitrogens with zero attached hydrogens (tertiary/aromatic N) is 1. The van der Waals surface area contributed by atoms with Crippen molar-refractivity contribution in [1.82, 2.24) is 10.3 Å². The predicted molar refractivity (Wildman–Crippen MR) is 58.7 cm³/mol. The van der Waals surface area contributed by atoms with Gasteiger partial charge in [0, 0.05) is 6.20 Å². The fourth-order valence-corrected chi connectivity index (χ4v) is 1.57. The van der Waals surface area contributed by atoms with Gasteiger partial charge in [-0.05, 0) is 31.5 Å². The zero-order chi connectivity index (χ0) is 8.39. The van der Waals surface area contributed by atoms with Gasteiger partial charge in [0.2, 0.25) is 0 Å². The first-order valence-electron chi connectivity index (χ1n) is 4.22. The van der Waals surface area contributed by atoms with Crippen LogP contribution in [0, 0.1) is 5.82 Å². The molecule has 1 N–H and O–H groups in total. The SMILES string of the molecule is Cl.Cl.Fc1cccnc1C1CCCN1.